The largest absolute Gasteiger partial charge is 0.492 e. The van der Waals surface area contributed by atoms with E-state index in [4.69, 9.17) is 16.3 Å². The minimum absolute atomic E-state index is 0.650. The van der Waals surface area contributed by atoms with Gasteiger partial charge in [0.2, 0.25) is 0 Å². The average molecular weight is 291 g/mol. The second-order valence-corrected chi connectivity index (χ2v) is 4.87. The first-order valence-electron chi connectivity index (χ1n) is 6.74. The Balaban J connectivity index is 1.85. The minimum Gasteiger partial charge on any atom is -0.492 e. The Bertz CT molecular complexity index is 531. The lowest BCUT2D eigenvalue weighted by atomic mass is 10.2. The third-order valence-corrected chi connectivity index (χ3v) is 3.05. The van der Waals surface area contributed by atoms with Crippen LogP contribution in [0, 0.1) is 0 Å². The number of hydrogen-bond acceptors (Lipinski definition) is 3. The zero-order chi connectivity index (χ0) is 14.2. The van der Waals surface area contributed by atoms with E-state index in [2.05, 4.69) is 17.8 Å². The molecule has 0 aromatic heterocycles. The number of anilines is 1. The molecule has 0 aliphatic rings. The molecule has 0 aliphatic carbocycles. The normalized spacial score (nSPS) is 10.3. The van der Waals surface area contributed by atoms with Gasteiger partial charge in [0.25, 0.3) is 0 Å². The highest BCUT2D eigenvalue weighted by Crippen LogP contribution is 2.25. The Morgan fingerprint density at radius 2 is 1.90 bits per heavy atom. The number of halogens is 1. The number of para-hydroxylation sites is 1. The first-order valence-corrected chi connectivity index (χ1v) is 7.12. The summed E-state index contributed by atoms with van der Waals surface area (Å²) in [5.41, 5.74) is 8.42. The van der Waals surface area contributed by atoms with Crippen LogP contribution in [-0.4, -0.2) is 6.61 Å². The Morgan fingerprint density at radius 1 is 1.10 bits per heavy atom. The smallest absolute Gasteiger partial charge is 0.137 e. The number of nitrogens with one attached hydrogen (secondary N) is 2. The Labute approximate surface area is 124 Å². The van der Waals surface area contributed by atoms with E-state index in [9.17, 15) is 0 Å². The second kappa shape index (κ2) is 7.78. The molecule has 0 bridgehead atoms. The molecule has 0 heterocycles. The van der Waals surface area contributed by atoms with Gasteiger partial charge in [0, 0.05) is 12.2 Å². The first-order chi connectivity index (χ1) is 9.79. The second-order valence-electron chi connectivity index (χ2n) is 4.46. The minimum atomic E-state index is 0.650. The topological polar surface area (TPSA) is 33.3 Å². The molecule has 4 heteroatoms. The fourth-order valence-corrected chi connectivity index (χ4v) is 2.01. The van der Waals surface area contributed by atoms with Gasteiger partial charge in [0.15, 0.2) is 0 Å². The first kappa shape index (κ1) is 14.7. The molecule has 2 rings (SSSR count). The van der Waals surface area contributed by atoms with Crippen LogP contribution < -0.4 is 15.6 Å². The van der Waals surface area contributed by atoms with Gasteiger partial charge in [-0.1, -0.05) is 42.8 Å². The molecule has 0 fully saturated rings. The van der Waals surface area contributed by atoms with Gasteiger partial charge in [-0.15, -0.1) is 0 Å². The summed E-state index contributed by atoms with van der Waals surface area (Å²) >= 11 is 6.19. The highest BCUT2D eigenvalue weighted by Gasteiger charge is 2.02. The zero-order valence-corrected chi connectivity index (χ0v) is 12.3. The number of hydrazine groups is 1. The average Bonchev–Trinajstić information content (AvgIpc) is 2.47. The van der Waals surface area contributed by atoms with Crippen molar-refractivity contribution < 1.29 is 4.74 Å². The molecule has 0 saturated heterocycles. The Morgan fingerprint density at radius 3 is 2.60 bits per heavy atom. The van der Waals surface area contributed by atoms with Crippen LogP contribution in [0.2, 0.25) is 5.02 Å². The van der Waals surface area contributed by atoms with Gasteiger partial charge in [0.05, 0.1) is 11.6 Å². The highest BCUT2D eigenvalue weighted by atomic mass is 35.5. The van der Waals surface area contributed by atoms with Crippen LogP contribution in [0.5, 0.6) is 5.75 Å². The maximum atomic E-state index is 6.19. The summed E-state index contributed by atoms with van der Waals surface area (Å²) in [6, 6.07) is 15.8. The summed E-state index contributed by atoms with van der Waals surface area (Å²) in [5.74, 6) is 0.744. The molecule has 0 aliphatic heterocycles. The molecule has 2 aromatic carbocycles. The molecule has 0 unspecified atom stereocenters. The van der Waals surface area contributed by atoms with Crippen LogP contribution >= 0.6 is 11.6 Å². The third kappa shape index (κ3) is 4.44. The molecular formula is C16H19ClN2O. The number of ether oxygens (including phenoxy) is 1. The van der Waals surface area contributed by atoms with Crippen molar-refractivity contribution in [3.8, 4) is 5.75 Å². The SMILES string of the molecule is CCCOc1ccc(CNNc2ccccc2)cc1Cl. The third-order valence-electron chi connectivity index (χ3n) is 2.76. The molecule has 0 radical (unpaired) electrons. The number of benzene rings is 2. The van der Waals surface area contributed by atoms with Crippen molar-refractivity contribution in [1.82, 2.24) is 5.43 Å². The van der Waals surface area contributed by atoms with E-state index >= 15 is 0 Å². The van der Waals surface area contributed by atoms with Crippen molar-refractivity contribution in [2.45, 2.75) is 19.9 Å². The van der Waals surface area contributed by atoms with Gasteiger partial charge in [-0.25, -0.2) is 5.43 Å². The lowest BCUT2D eigenvalue weighted by Gasteiger charge is -2.11. The van der Waals surface area contributed by atoms with E-state index in [0.717, 1.165) is 23.4 Å². The van der Waals surface area contributed by atoms with Gasteiger partial charge >= 0.3 is 0 Å². The molecule has 0 atom stereocenters. The molecule has 0 saturated carbocycles. The lowest BCUT2D eigenvalue weighted by molar-refractivity contribution is 0.317. The van der Waals surface area contributed by atoms with Gasteiger partial charge in [-0.2, -0.15) is 0 Å². The Hall–Kier alpha value is -1.71. The summed E-state index contributed by atoms with van der Waals surface area (Å²) in [6.07, 6.45) is 0.973. The maximum absolute atomic E-state index is 6.19. The van der Waals surface area contributed by atoms with E-state index in [1.807, 2.05) is 48.5 Å². The predicted octanol–water partition coefficient (Wildman–Crippen LogP) is 4.25. The van der Waals surface area contributed by atoms with Crippen molar-refractivity contribution >= 4 is 17.3 Å². The lowest BCUT2D eigenvalue weighted by Crippen LogP contribution is -2.20. The van der Waals surface area contributed by atoms with Crippen LogP contribution in [0.3, 0.4) is 0 Å². The predicted molar refractivity (Wildman–Crippen MR) is 84.1 cm³/mol. The van der Waals surface area contributed by atoms with Gasteiger partial charge in [-0.3, -0.25) is 0 Å². The van der Waals surface area contributed by atoms with E-state index in [0.29, 0.717) is 18.2 Å². The highest BCUT2D eigenvalue weighted by molar-refractivity contribution is 6.32. The van der Waals surface area contributed by atoms with Crippen molar-refractivity contribution in [1.29, 1.82) is 0 Å². The number of rotatable bonds is 7. The summed E-state index contributed by atoms with van der Waals surface area (Å²) in [4.78, 5) is 0. The van der Waals surface area contributed by atoms with Crippen LogP contribution in [0.1, 0.15) is 18.9 Å². The van der Waals surface area contributed by atoms with E-state index in [-0.39, 0.29) is 0 Å². The van der Waals surface area contributed by atoms with Crippen LogP contribution in [0.4, 0.5) is 5.69 Å². The molecule has 3 nitrogen and oxygen atoms in total. The zero-order valence-electron chi connectivity index (χ0n) is 11.5. The molecule has 2 N–H and O–H groups in total. The Kier molecular flexibility index (Phi) is 5.71. The van der Waals surface area contributed by atoms with Crippen LogP contribution in [-0.2, 0) is 6.54 Å². The van der Waals surface area contributed by atoms with E-state index in [1.165, 1.54) is 0 Å². The summed E-state index contributed by atoms with van der Waals surface area (Å²) < 4.78 is 5.55. The molecule has 0 amide bonds. The molecule has 20 heavy (non-hydrogen) atoms. The van der Waals surface area contributed by atoms with Gasteiger partial charge in [-0.05, 0) is 36.2 Å². The summed E-state index contributed by atoms with van der Waals surface area (Å²) in [5, 5.41) is 0.650. The van der Waals surface area contributed by atoms with Gasteiger partial charge < -0.3 is 10.2 Å². The fraction of sp³-hybridized carbons (Fsp3) is 0.250. The number of hydrogen-bond donors (Lipinski definition) is 2. The molecule has 2 aromatic rings. The molecular weight excluding hydrogens is 272 g/mol. The maximum Gasteiger partial charge on any atom is 0.137 e. The fourth-order valence-electron chi connectivity index (χ4n) is 1.75. The monoisotopic (exact) mass is 290 g/mol. The van der Waals surface area contributed by atoms with Crippen LogP contribution in [0.25, 0.3) is 0 Å². The summed E-state index contributed by atoms with van der Waals surface area (Å²) in [7, 11) is 0. The van der Waals surface area contributed by atoms with Crippen molar-refractivity contribution in [3.05, 3.63) is 59.1 Å². The van der Waals surface area contributed by atoms with E-state index < -0.39 is 0 Å². The van der Waals surface area contributed by atoms with Crippen molar-refractivity contribution in [2.24, 2.45) is 0 Å². The summed E-state index contributed by atoms with van der Waals surface area (Å²) in [6.45, 7) is 3.44. The van der Waals surface area contributed by atoms with Crippen molar-refractivity contribution in [2.75, 3.05) is 12.0 Å². The molecule has 0 spiro atoms. The van der Waals surface area contributed by atoms with Gasteiger partial charge in [0.1, 0.15) is 5.75 Å². The quantitative estimate of drug-likeness (QED) is 0.748. The van der Waals surface area contributed by atoms with Crippen molar-refractivity contribution in [3.63, 3.8) is 0 Å². The standard InChI is InChI=1S/C16H19ClN2O/c1-2-10-20-16-9-8-13(11-15(16)17)12-18-19-14-6-4-3-5-7-14/h3-9,11,18-19H,2,10,12H2,1H3. The molecule has 106 valence electrons. The van der Waals surface area contributed by atoms with E-state index in [1.54, 1.807) is 0 Å². The van der Waals surface area contributed by atoms with Crippen LogP contribution in [0.15, 0.2) is 48.5 Å².